The van der Waals surface area contributed by atoms with E-state index in [0.29, 0.717) is 23.9 Å². The smallest absolute Gasteiger partial charge is 0.123 e. The van der Waals surface area contributed by atoms with E-state index in [4.69, 9.17) is 5.11 Å². The summed E-state index contributed by atoms with van der Waals surface area (Å²) in [5, 5.41) is 11.8. The molecule has 29 heavy (non-hydrogen) atoms. The fourth-order valence-corrected chi connectivity index (χ4v) is 3.95. The number of aliphatic hydroxyl groups is 1. The molecule has 0 bridgehead atoms. The zero-order chi connectivity index (χ0) is 21.9. The van der Waals surface area contributed by atoms with E-state index in [1.54, 1.807) is 6.20 Å². The first-order valence-corrected chi connectivity index (χ1v) is 10.5. The predicted octanol–water partition coefficient (Wildman–Crippen LogP) is 4.73. The normalized spacial score (nSPS) is 27.1. The first-order valence-electron chi connectivity index (χ1n) is 10.5. The summed E-state index contributed by atoms with van der Waals surface area (Å²) in [7, 11) is 1.86. The maximum absolute atomic E-state index is 10.4. The van der Waals surface area contributed by atoms with Crippen molar-refractivity contribution >= 4 is 6.29 Å². The van der Waals surface area contributed by atoms with Crippen LogP contribution in [0, 0.1) is 23.2 Å². The molecule has 1 spiro atoms. The van der Waals surface area contributed by atoms with Crippen LogP contribution in [0.2, 0.25) is 0 Å². The van der Waals surface area contributed by atoms with Crippen LogP contribution in [0.3, 0.4) is 0 Å². The molecule has 0 aliphatic heterocycles. The summed E-state index contributed by atoms with van der Waals surface area (Å²) in [6, 6.07) is 4.03. The first kappa shape index (κ1) is 24.8. The molecule has 4 nitrogen and oxygen atoms in total. The van der Waals surface area contributed by atoms with Crippen LogP contribution in [0.25, 0.3) is 0 Å². The molecule has 2 saturated carbocycles. The zero-order valence-corrected chi connectivity index (χ0v) is 18.7. The second-order valence-electron chi connectivity index (χ2n) is 7.99. The maximum Gasteiger partial charge on any atom is 0.123 e. The van der Waals surface area contributed by atoms with Crippen LogP contribution in [0.5, 0.6) is 0 Å². The molecule has 3 rings (SSSR count). The van der Waals surface area contributed by atoms with Crippen LogP contribution in [-0.4, -0.2) is 30.0 Å². The number of carbonyl (C=O) groups excluding carboxylic acids is 1. The van der Waals surface area contributed by atoms with Crippen LogP contribution in [-0.2, 0) is 11.2 Å². The standard InChI is InChI=1S/C9H15N.C9H14O2.C7H9N/c1-5-6-8(2)7-9(3)10-4;1-6-7(4-10)2-9(6)3-8(9)5-11;1-2-7-4-3-5-8-6-7/h5-7,10H,3H2,1-2,4H3;4,6-8,11H,2-3,5H2,1H3;3-6H,2H2,1H3/b6-5-,8-7-;;. The average Bonchev–Trinajstić information content (AvgIpc) is 3.50. The molecule has 4 unspecified atom stereocenters. The lowest BCUT2D eigenvalue weighted by Crippen LogP contribution is -2.39. The second kappa shape index (κ2) is 12.4. The minimum Gasteiger partial charge on any atom is -0.396 e. The van der Waals surface area contributed by atoms with E-state index in [9.17, 15) is 4.79 Å². The summed E-state index contributed by atoms with van der Waals surface area (Å²) in [6.07, 6.45) is 14.1. The van der Waals surface area contributed by atoms with Gasteiger partial charge in [-0.1, -0.05) is 38.6 Å². The fraction of sp³-hybridized carbons (Fsp3) is 0.520. The highest BCUT2D eigenvalue weighted by Crippen LogP contribution is 2.70. The Balaban J connectivity index is 0.000000221. The lowest BCUT2D eigenvalue weighted by molar-refractivity contribution is -0.119. The van der Waals surface area contributed by atoms with Gasteiger partial charge in [-0.25, -0.2) is 0 Å². The Bertz CT molecular complexity index is 696. The molecular formula is C25H38N2O2. The van der Waals surface area contributed by atoms with Gasteiger partial charge in [0, 0.05) is 37.7 Å². The van der Waals surface area contributed by atoms with Gasteiger partial charge in [0.25, 0.3) is 0 Å². The van der Waals surface area contributed by atoms with Crippen molar-refractivity contribution in [3.63, 3.8) is 0 Å². The molecule has 4 atom stereocenters. The van der Waals surface area contributed by atoms with Gasteiger partial charge in [-0.15, -0.1) is 0 Å². The van der Waals surface area contributed by atoms with Gasteiger partial charge in [0.2, 0.25) is 0 Å². The van der Waals surface area contributed by atoms with Gasteiger partial charge in [0.15, 0.2) is 0 Å². The summed E-state index contributed by atoms with van der Waals surface area (Å²) in [4.78, 5) is 14.4. The number of likely N-dealkylation sites (N-methyl/N-ethyl adjacent to an activating group) is 1. The van der Waals surface area contributed by atoms with Crippen LogP contribution in [0.1, 0.15) is 46.1 Å². The van der Waals surface area contributed by atoms with Gasteiger partial charge >= 0.3 is 0 Å². The number of rotatable bonds is 6. The van der Waals surface area contributed by atoms with E-state index < -0.39 is 0 Å². The molecule has 4 heteroatoms. The molecule has 2 N–H and O–H groups in total. The summed E-state index contributed by atoms with van der Waals surface area (Å²) in [5.41, 5.74) is 3.84. The number of hydrogen-bond acceptors (Lipinski definition) is 4. The number of aromatic nitrogens is 1. The largest absolute Gasteiger partial charge is 0.396 e. The highest BCUT2D eigenvalue weighted by molar-refractivity contribution is 5.57. The molecule has 160 valence electrons. The van der Waals surface area contributed by atoms with E-state index in [0.717, 1.165) is 31.2 Å². The number of nitrogens with zero attached hydrogens (tertiary/aromatic N) is 1. The van der Waals surface area contributed by atoms with Crippen molar-refractivity contribution < 1.29 is 9.90 Å². The van der Waals surface area contributed by atoms with Crippen molar-refractivity contribution in [3.8, 4) is 0 Å². The molecule has 1 aromatic rings. The first-order chi connectivity index (χ1) is 13.9. The summed E-state index contributed by atoms with van der Waals surface area (Å²) >= 11 is 0. The van der Waals surface area contributed by atoms with Gasteiger partial charge in [0.1, 0.15) is 6.29 Å². The fourth-order valence-electron chi connectivity index (χ4n) is 3.95. The van der Waals surface area contributed by atoms with Crippen molar-refractivity contribution in [3.05, 3.63) is 66.2 Å². The number of pyridine rings is 1. The number of aldehydes is 1. The molecule has 1 heterocycles. The molecule has 2 aliphatic carbocycles. The van der Waals surface area contributed by atoms with Crippen LogP contribution in [0.15, 0.2) is 60.6 Å². The number of carbonyl (C=O) groups is 1. The summed E-state index contributed by atoms with van der Waals surface area (Å²) in [5.74, 6) is 1.32. The Kier molecular flexibility index (Phi) is 10.6. The predicted molar refractivity (Wildman–Crippen MR) is 121 cm³/mol. The molecule has 1 aromatic heterocycles. The van der Waals surface area contributed by atoms with Crippen molar-refractivity contribution in [1.29, 1.82) is 0 Å². The monoisotopic (exact) mass is 398 g/mol. The quantitative estimate of drug-likeness (QED) is 0.537. The van der Waals surface area contributed by atoms with E-state index in [1.807, 2.05) is 51.4 Å². The van der Waals surface area contributed by atoms with Crippen LogP contribution < -0.4 is 5.32 Å². The lowest BCUT2D eigenvalue weighted by atomic mass is 9.62. The molecule has 0 aromatic carbocycles. The third-order valence-corrected chi connectivity index (χ3v) is 6.12. The van der Waals surface area contributed by atoms with E-state index in [2.05, 4.69) is 36.8 Å². The topological polar surface area (TPSA) is 62.2 Å². The van der Waals surface area contributed by atoms with Gasteiger partial charge in [0.05, 0.1) is 0 Å². The van der Waals surface area contributed by atoms with E-state index >= 15 is 0 Å². The van der Waals surface area contributed by atoms with Crippen molar-refractivity contribution in [2.75, 3.05) is 13.7 Å². The molecule has 0 radical (unpaired) electrons. The number of aliphatic hydroxyl groups excluding tert-OH is 1. The Morgan fingerprint density at radius 1 is 1.45 bits per heavy atom. The number of aryl methyl sites for hydroxylation is 1. The SMILES string of the molecule is C=C(/C=C(C)\C=C/C)NC.CC1C(C=O)CC12CC2CO.CCc1cccnc1. The van der Waals surface area contributed by atoms with E-state index in [-0.39, 0.29) is 5.92 Å². The number of allylic oxidation sites excluding steroid dienone is 4. The van der Waals surface area contributed by atoms with Gasteiger partial charge in [-0.3, -0.25) is 4.98 Å². The molecule has 0 amide bonds. The number of nitrogens with one attached hydrogen (secondary N) is 1. The minimum atomic E-state index is 0.284. The molecule has 2 aliphatic rings. The molecule has 0 saturated heterocycles. The minimum absolute atomic E-state index is 0.284. The van der Waals surface area contributed by atoms with Crippen molar-refractivity contribution in [2.45, 2.75) is 47.0 Å². The van der Waals surface area contributed by atoms with Crippen LogP contribution >= 0.6 is 0 Å². The van der Waals surface area contributed by atoms with Gasteiger partial charge < -0.3 is 15.2 Å². The highest BCUT2D eigenvalue weighted by atomic mass is 16.3. The van der Waals surface area contributed by atoms with Crippen molar-refractivity contribution in [1.82, 2.24) is 10.3 Å². The number of hydrogen-bond donors (Lipinski definition) is 2. The Labute approximate surface area is 176 Å². The molecule has 2 fully saturated rings. The zero-order valence-electron chi connectivity index (χ0n) is 18.7. The Morgan fingerprint density at radius 2 is 2.17 bits per heavy atom. The third kappa shape index (κ3) is 7.28. The Hall–Kier alpha value is -2.20. The van der Waals surface area contributed by atoms with Gasteiger partial charge in [-0.2, -0.15) is 0 Å². The maximum atomic E-state index is 10.4. The highest BCUT2D eigenvalue weighted by Gasteiger charge is 2.65. The summed E-state index contributed by atoms with van der Waals surface area (Å²) < 4.78 is 0. The average molecular weight is 399 g/mol. The van der Waals surface area contributed by atoms with Crippen LogP contribution in [0.4, 0.5) is 0 Å². The Morgan fingerprint density at radius 3 is 2.55 bits per heavy atom. The third-order valence-electron chi connectivity index (χ3n) is 6.12. The molecular weight excluding hydrogens is 360 g/mol. The summed E-state index contributed by atoms with van der Waals surface area (Å²) in [6.45, 7) is 12.4. The lowest BCUT2D eigenvalue weighted by Gasteiger charge is -2.41. The second-order valence-corrected chi connectivity index (χ2v) is 7.99. The van der Waals surface area contributed by atoms with E-state index in [1.165, 1.54) is 11.1 Å². The van der Waals surface area contributed by atoms with Gasteiger partial charge in [-0.05, 0) is 73.6 Å². The van der Waals surface area contributed by atoms with Crippen molar-refractivity contribution in [2.24, 2.45) is 23.2 Å².